The van der Waals surface area contributed by atoms with Crippen molar-refractivity contribution in [3.63, 3.8) is 0 Å². The number of anilines is 4. The summed E-state index contributed by atoms with van der Waals surface area (Å²) in [6.07, 6.45) is 0. The Morgan fingerprint density at radius 1 is 0.929 bits per heavy atom. The third-order valence-electron chi connectivity index (χ3n) is 4.41. The van der Waals surface area contributed by atoms with Gasteiger partial charge in [-0.3, -0.25) is 4.79 Å². The Hall–Kier alpha value is -3.45. The molecule has 0 aliphatic rings. The van der Waals surface area contributed by atoms with E-state index in [0.717, 1.165) is 34.3 Å². The molecule has 7 heteroatoms. The zero-order valence-electron chi connectivity index (χ0n) is 15.3. The van der Waals surface area contributed by atoms with E-state index < -0.39 is 0 Å². The monoisotopic (exact) mass is 389 g/mol. The molecule has 0 spiro atoms. The highest BCUT2D eigenvalue weighted by molar-refractivity contribution is 7.00. The van der Waals surface area contributed by atoms with Crippen molar-refractivity contribution in [2.45, 2.75) is 0 Å². The summed E-state index contributed by atoms with van der Waals surface area (Å²) in [7, 11) is 2.01. The summed E-state index contributed by atoms with van der Waals surface area (Å²) in [6.45, 7) is 0.146. The number of rotatable bonds is 6. The number of amides is 1. The van der Waals surface area contributed by atoms with E-state index in [0.29, 0.717) is 11.2 Å². The van der Waals surface area contributed by atoms with Crippen molar-refractivity contribution in [2.24, 2.45) is 0 Å². The van der Waals surface area contributed by atoms with E-state index in [4.69, 9.17) is 0 Å². The number of aromatic nitrogens is 2. The molecule has 2 N–H and O–H groups in total. The molecule has 4 aromatic rings. The third kappa shape index (κ3) is 3.79. The second-order valence-corrected chi connectivity index (χ2v) is 6.78. The van der Waals surface area contributed by atoms with Gasteiger partial charge in [0.25, 0.3) is 0 Å². The van der Waals surface area contributed by atoms with Crippen molar-refractivity contribution in [3.05, 3.63) is 72.8 Å². The Kier molecular flexibility index (Phi) is 5.16. The van der Waals surface area contributed by atoms with Crippen molar-refractivity contribution >= 4 is 51.4 Å². The first-order chi connectivity index (χ1) is 13.7. The first-order valence-electron chi connectivity index (χ1n) is 8.85. The number of para-hydroxylation sites is 3. The van der Waals surface area contributed by atoms with Gasteiger partial charge < -0.3 is 15.5 Å². The van der Waals surface area contributed by atoms with Crippen LogP contribution in [0.2, 0.25) is 0 Å². The lowest BCUT2D eigenvalue weighted by Gasteiger charge is -2.23. The molecular formula is C21H19N5OS. The van der Waals surface area contributed by atoms with Gasteiger partial charge in [0.15, 0.2) is 0 Å². The SMILES string of the molecule is CN(c1ccccc1)c1ccccc1NCC(=O)Nc1cccc2nsnc12. The van der Waals surface area contributed by atoms with Gasteiger partial charge in [0.05, 0.1) is 35.3 Å². The van der Waals surface area contributed by atoms with Crippen LogP contribution in [-0.2, 0) is 4.79 Å². The fourth-order valence-electron chi connectivity index (χ4n) is 2.98. The zero-order valence-corrected chi connectivity index (χ0v) is 16.1. The predicted octanol–water partition coefficient (Wildman–Crippen LogP) is 4.51. The third-order valence-corrected chi connectivity index (χ3v) is 4.95. The molecule has 4 rings (SSSR count). The van der Waals surface area contributed by atoms with Gasteiger partial charge in [-0.2, -0.15) is 8.75 Å². The van der Waals surface area contributed by atoms with E-state index in [9.17, 15) is 4.79 Å². The molecule has 1 amide bonds. The summed E-state index contributed by atoms with van der Waals surface area (Å²) in [5, 5.41) is 6.15. The van der Waals surface area contributed by atoms with Gasteiger partial charge in [0.1, 0.15) is 11.0 Å². The fraction of sp³-hybridized carbons (Fsp3) is 0.0952. The standard InChI is InChI=1S/C21H19N5OS/c1-26(15-8-3-2-4-9-15)19-13-6-5-10-16(19)22-14-20(27)23-17-11-7-12-18-21(17)25-28-24-18/h2-13,22H,14H2,1H3,(H,23,27). The van der Waals surface area contributed by atoms with E-state index in [1.54, 1.807) is 0 Å². The highest BCUT2D eigenvalue weighted by Crippen LogP contribution is 2.30. The van der Waals surface area contributed by atoms with Crippen molar-refractivity contribution < 1.29 is 4.79 Å². The van der Waals surface area contributed by atoms with Crippen LogP contribution >= 0.6 is 11.7 Å². The average Bonchev–Trinajstić information content (AvgIpc) is 3.23. The number of hydrogen-bond donors (Lipinski definition) is 2. The Labute approximate surface area is 167 Å². The molecule has 0 aliphatic carbocycles. The number of carbonyl (C=O) groups excluding carboxylic acids is 1. The Morgan fingerprint density at radius 2 is 1.68 bits per heavy atom. The number of nitrogens with zero attached hydrogens (tertiary/aromatic N) is 3. The molecule has 0 aliphatic heterocycles. The molecule has 140 valence electrons. The summed E-state index contributed by atoms with van der Waals surface area (Å²) in [4.78, 5) is 14.6. The van der Waals surface area contributed by atoms with Gasteiger partial charge in [0, 0.05) is 12.7 Å². The van der Waals surface area contributed by atoms with Gasteiger partial charge >= 0.3 is 0 Å². The van der Waals surface area contributed by atoms with Crippen LogP contribution < -0.4 is 15.5 Å². The van der Waals surface area contributed by atoms with Crippen LogP contribution in [0.3, 0.4) is 0 Å². The average molecular weight is 389 g/mol. The Morgan fingerprint density at radius 3 is 2.54 bits per heavy atom. The molecule has 0 atom stereocenters. The molecule has 1 heterocycles. The van der Waals surface area contributed by atoms with E-state index >= 15 is 0 Å². The van der Waals surface area contributed by atoms with E-state index in [2.05, 4.69) is 24.3 Å². The highest BCUT2D eigenvalue weighted by Gasteiger charge is 2.11. The van der Waals surface area contributed by atoms with Crippen LogP contribution in [0.25, 0.3) is 11.0 Å². The van der Waals surface area contributed by atoms with Crippen LogP contribution in [0.5, 0.6) is 0 Å². The van der Waals surface area contributed by atoms with Crippen molar-refractivity contribution in [1.82, 2.24) is 8.75 Å². The maximum atomic E-state index is 12.5. The molecule has 3 aromatic carbocycles. The lowest BCUT2D eigenvalue weighted by atomic mass is 10.2. The van der Waals surface area contributed by atoms with Crippen molar-refractivity contribution in [3.8, 4) is 0 Å². The molecule has 0 fully saturated rings. The van der Waals surface area contributed by atoms with Crippen molar-refractivity contribution in [1.29, 1.82) is 0 Å². The van der Waals surface area contributed by atoms with E-state index in [-0.39, 0.29) is 12.5 Å². The molecule has 0 bridgehead atoms. The first kappa shape index (κ1) is 17.9. The molecular weight excluding hydrogens is 370 g/mol. The summed E-state index contributed by atoms with van der Waals surface area (Å²) < 4.78 is 8.45. The minimum absolute atomic E-state index is 0.141. The largest absolute Gasteiger partial charge is 0.374 e. The first-order valence-corrected chi connectivity index (χ1v) is 9.58. The molecule has 6 nitrogen and oxygen atoms in total. The van der Waals surface area contributed by atoms with Gasteiger partial charge in [-0.25, -0.2) is 0 Å². The molecule has 0 radical (unpaired) electrons. The summed E-state index contributed by atoms with van der Waals surface area (Å²) in [5.74, 6) is -0.141. The Balaban J connectivity index is 1.46. The van der Waals surface area contributed by atoms with Gasteiger partial charge in [0.2, 0.25) is 5.91 Å². The van der Waals surface area contributed by atoms with Gasteiger partial charge in [-0.05, 0) is 36.4 Å². The van der Waals surface area contributed by atoms with Crippen LogP contribution in [0.1, 0.15) is 0 Å². The van der Waals surface area contributed by atoms with E-state index in [1.165, 1.54) is 0 Å². The van der Waals surface area contributed by atoms with Crippen LogP contribution in [0.4, 0.5) is 22.7 Å². The number of nitrogens with one attached hydrogen (secondary N) is 2. The maximum absolute atomic E-state index is 12.5. The highest BCUT2D eigenvalue weighted by atomic mass is 32.1. The fourth-order valence-corrected chi connectivity index (χ4v) is 3.53. The minimum Gasteiger partial charge on any atom is -0.374 e. The summed E-state index contributed by atoms with van der Waals surface area (Å²) in [6, 6.07) is 23.6. The quantitative estimate of drug-likeness (QED) is 0.508. The van der Waals surface area contributed by atoms with Gasteiger partial charge in [-0.1, -0.05) is 36.4 Å². The molecule has 0 saturated heterocycles. The lowest BCUT2D eigenvalue weighted by molar-refractivity contribution is -0.114. The predicted molar refractivity (Wildman–Crippen MR) is 115 cm³/mol. The van der Waals surface area contributed by atoms with Crippen LogP contribution in [0.15, 0.2) is 72.8 Å². The second-order valence-electron chi connectivity index (χ2n) is 6.25. The van der Waals surface area contributed by atoms with E-state index in [1.807, 2.05) is 79.8 Å². The van der Waals surface area contributed by atoms with Gasteiger partial charge in [-0.15, -0.1) is 0 Å². The Bertz CT molecular complexity index is 1100. The van der Waals surface area contributed by atoms with Crippen LogP contribution in [-0.4, -0.2) is 28.2 Å². The molecule has 0 unspecified atom stereocenters. The summed E-state index contributed by atoms with van der Waals surface area (Å²) >= 11 is 1.13. The minimum atomic E-state index is -0.141. The zero-order chi connectivity index (χ0) is 19.3. The lowest BCUT2D eigenvalue weighted by Crippen LogP contribution is -2.23. The van der Waals surface area contributed by atoms with Crippen molar-refractivity contribution in [2.75, 3.05) is 29.1 Å². The number of hydrogen-bond acceptors (Lipinski definition) is 6. The maximum Gasteiger partial charge on any atom is 0.243 e. The van der Waals surface area contributed by atoms with Crippen LogP contribution in [0, 0.1) is 0 Å². The number of benzene rings is 3. The topological polar surface area (TPSA) is 70.2 Å². The number of carbonyl (C=O) groups is 1. The summed E-state index contributed by atoms with van der Waals surface area (Å²) in [5.41, 5.74) is 5.12. The second kappa shape index (κ2) is 8.06. The molecule has 1 aromatic heterocycles. The smallest absolute Gasteiger partial charge is 0.243 e. The normalized spacial score (nSPS) is 10.6. The number of fused-ring (bicyclic) bond motifs is 1. The molecule has 28 heavy (non-hydrogen) atoms. The molecule has 0 saturated carbocycles.